The molecule has 0 spiro atoms. The van der Waals surface area contributed by atoms with E-state index >= 15 is 0 Å². The quantitative estimate of drug-likeness (QED) is 0.482. The molecule has 0 aromatic heterocycles. The van der Waals surface area contributed by atoms with Crippen molar-refractivity contribution in [2.24, 2.45) is 0 Å². The van der Waals surface area contributed by atoms with Gasteiger partial charge in [0.15, 0.2) is 0 Å². The molecule has 0 bridgehead atoms. The first kappa shape index (κ1) is 10.2. The fraction of sp³-hybridized carbons (Fsp3) is 0.875. The van der Waals surface area contributed by atoms with Crippen LogP contribution < -0.4 is 0 Å². The van der Waals surface area contributed by atoms with E-state index in [9.17, 15) is 4.79 Å². The van der Waals surface area contributed by atoms with Crippen molar-refractivity contribution in [3.8, 4) is 0 Å². The third-order valence-corrected chi connectivity index (χ3v) is 2.85. The predicted octanol–water partition coefficient (Wildman–Crippen LogP) is 2.24. The van der Waals surface area contributed by atoms with Crippen LogP contribution in [-0.2, 0) is 4.79 Å². The molecule has 60 valence electrons. The Morgan fingerprint density at radius 1 is 1.30 bits per heavy atom. The summed E-state index contributed by atoms with van der Waals surface area (Å²) in [6.07, 6.45) is 5.71. The fourth-order valence-corrected chi connectivity index (χ4v) is 1.53. The van der Waals surface area contributed by atoms with Gasteiger partial charge in [-0.25, -0.2) is 0 Å². The predicted molar refractivity (Wildman–Crippen MR) is 45.4 cm³/mol. The molecule has 0 atom stereocenters. The molecular formula is C8H16OSe. The van der Waals surface area contributed by atoms with Crippen molar-refractivity contribution in [2.45, 2.75) is 44.9 Å². The Labute approximate surface area is 69.7 Å². The van der Waals surface area contributed by atoms with E-state index in [0.29, 0.717) is 4.68 Å². The zero-order chi connectivity index (χ0) is 7.82. The van der Waals surface area contributed by atoms with Gasteiger partial charge in [-0.3, -0.25) is 0 Å². The van der Waals surface area contributed by atoms with Crippen LogP contribution in [0.15, 0.2) is 0 Å². The van der Waals surface area contributed by atoms with Crippen molar-refractivity contribution in [3.63, 3.8) is 0 Å². The van der Waals surface area contributed by atoms with Crippen molar-refractivity contribution in [1.29, 1.82) is 0 Å². The average molecular weight is 207 g/mol. The van der Waals surface area contributed by atoms with Gasteiger partial charge in [-0.15, -0.1) is 0 Å². The molecule has 0 aromatic rings. The van der Waals surface area contributed by atoms with Gasteiger partial charge >= 0.3 is 69.3 Å². The Morgan fingerprint density at radius 3 is 2.50 bits per heavy atom. The number of rotatable bonds is 6. The van der Waals surface area contributed by atoms with Crippen LogP contribution in [0.4, 0.5) is 0 Å². The standard InChI is InChI=1S/C8H16OSe/c1-3-4-5-6-7-8(9)10-2/h3-7H2,1-2H3. The van der Waals surface area contributed by atoms with E-state index in [1.54, 1.807) is 0 Å². The second kappa shape index (κ2) is 7.30. The van der Waals surface area contributed by atoms with E-state index in [2.05, 4.69) is 6.92 Å². The Balaban J connectivity index is 2.96. The van der Waals surface area contributed by atoms with Crippen LogP contribution in [0.25, 0.3) is 0 Å². The number of carbonyl (C=O) groups is 1. The Kier molecular flexibility index (Phi) is 7.44. The molecule has 10 heavy (non-hydrogen) atoms. The van der Waals surface area contributed by atoms with E-state index in [1.807, 2.05) is 5.82 Å². The van der Waals surface area contributed by atoms with Gasteiger partial charge < -0.3 is 0 Å². The van der Waals surface area contributed by atoms with Gasteiger partial charge in [-0.05, 0) is 0 Å². The maximum absolute atomic E-state index is 10.8. The summed E-state index contributed by atoms with van der Waals surface area (Å²) < 4.78 is 0.476. The summed E-state index contributed by atoms with van der Waals surface area (Å²) in [6.45, 7) is 2.19. The van der Waals surface area contributed by atoms with Crippen LogP contribution in [0.1, 0.15) is 39.0 Å². The fourth-order valence-electron chi connectivity index (χ4n) is 0.798. The zero-order valence-corrected chi connectivity index (χ0v) is 8.57. The minimum absolute atomic E-state index is 0.242. The first-order valence-corrected chi connectivity index (χ1v) is 6.45. The van der Waals surface area contributed by atoms with Gasteiger partial charge in [0.1, 0.15) is 0 Å². The summed E-state index contributed by atoms with van der Waals surface area (Å²) >= 11 is 0.242. The SMILES string of the molecule is CCCCCCC(=O)[Se]C. The molecule has 1 nitrogen and oxygen atoms in total. The molecule has 0 N–H and O–H groups in total. The topological polar surface area (TPSA) is 17.1 Å². The molecule has 0 heterocycles. The molecule has 2 heteroatoms. The molecule has 0 radical (unpaired) electrons. The van der Waals surface area contributed by atoms with Gasteiger partial charge in [-0.1, -0.05) is 0 Å². The normalized spacial score (nSPS) is 9.80. The molecule has 0 amide bonds. The van der Waals surface area contributed by atoms with Crippen LogP contribution in [0.5, 0.6) is 0 Å². The van der Waals surface area contributed by atoms with Crippen LogP contribution in [0.2, 0.25) is 5.82 Å². The number of hydrogen-bond donors (Lipinski definition) is 0. The molecule has 0 saturated carbocycles. The van der Waals surface area contributed by atoms with Gasteiger partial charge in [0.2, 0.25) is 0 Å². The van der Waals surface area contributed by atoms with E-state index < -0.39 is 0 Å². The molecule has 0 saturated heterocycles. The van der Waals surface area contributed by atoms with Crippen LogP contribution in [0, 0.1) is 0 Å². The van der Waals surface area contributed by atoms with Gasteiger partial charge in [-0.2, -0.15) is 0 Å². The molecular weight excluding hydrogens is 191 g/mol. The number of carbonyl (C=O) groups excluding carboxylic acids is 1. The molecule has 0 rings (SSSR count). The number of unbranched alkanes of at least 4 members (excludes halogenated alkanes) is 3. The zero-order valence-electron chi connectivity index (χ0n) is 6.85. The third kappa shape index (κ3) is 6.31. The van der Waals surface area contributed by atoms with Crippen LogP contribution >= 0.6 is 0 Å². The second-order valence-electron chi connectivity index (χ2n) is 2.39. The Hall–Kier alpha value is 0.189. The van der Waals surface area contributed by atoms with Crippen LogP contribution in [0.3, 0.4) is 0 Å². The molecule has 0 fully saturated rings. The van der Waals surface area contributed by atoms with E-state index in [1.165, 1.54) is 19.3 Å². The molecule has 0 unspecified atom stereocenters. The average Bonchev–Trinajstić information content (AvgIpc) is 1.98. The first-order chi connectivity index (χ1) is 4.81. The van der Waals surface area contributed by atoms with E-state index in [4.69, 9.17) is 0 Å². The van der Waals surface area contributed by atoms with Crippen molar-refractivity contribution < 1.29 is 4.79 Å². The van der Waals surface area contributed by atoms with Crippen molar-refractivity contribution in [3.05, 3.63) is 0 Å². The Morgan fingerprint density at radius 2 is 2.00 bits per heavy atom. The van der Waals surface area contributed by atoms with Crippen LogP contribution in [-0.4, -0.2) is 19.6 Å². The summed E-state index contributed by atoms with van der Waals surface area (Å²) in [5, 5.41) is 0. The van der Waals surface area contributed by atoms with E-state index in [0.717, 1.165) is 12.8 Å². The van der Waals surface area contributed by atoms with E-state index in [-0.39, 0.29) is 15.0 Å². The molecule has 0 aliphatic carbocycles. The van der Waals surface area contributed by atoms with Gasteiger partial charge in [0.05, 0.1) is 0 Å². The first-order valence-electron chi connectivity index (χ1n) is 3.88. The van der Waals surface area contributed by atoms with Gasteiger partial charge in [0, 0.05) is 0 Å². The summed E-state index contributed by atoms with van der Waals surface area (Å²) in [7, 11) is 0. The Bertz CT molecular complexity index is 91.3. The van der Waals surface area contributed by atoms with Gasteiger partial charge in [0.25, 0.3) is 0 Å². The monoisotopic (exact) mass is 208 g/mol. The maximum atomic E-state index is 10.8. The second-order valence-corrected chi connectivity index (χ2v) is 4.20. The summed E-state index contributed by atoms with van der Waals surface area (Å²) in [4.78, 5) is 10.8. The molecule has 0 aromatic carbocycles. The minimum atomic E-state index is 0.242. The summed E-state index contributed by atoms with van der Waals surface area (Å²) in [5.74, 6) is 2.00. The summed E-state index contributed by atoms with van der Waals surface area (Å²) in [6, 6.07) is 0. The van der Waals surface area contributed by atoms with Crippen molar-refractivity contribution >= 4 is 19.6 Å². The van der Waals surface area contributed by atoms with Crippen molar-refractivity contribution in [2.75, 3.05) is 0 Å². The van der Waals surface area contributed by atoms with Crippen molar-refractivity contribution in [1.82, 2.24) is 0 Å². The molecule has 0 aliphatic rings. The number of hydrogen-bond acceptors (Lipinski definition) is 1. The third-order valence-electron chi connectivity index (χ3n) is 1.46. The summed E-state index contributed by atoms with van der Waals surface area (Å²) in [5.41, 5.74) is 0. The molecule has 0 aliphatic heterocycles.